The third-order valence-electron chi connectivity index (χ3n) is 4.10. The highest BCUT2D eigenvalue weighted by molar-refractivity contribution is 6.18. The van der Waals surface area contributed by atoms with Gasteiger partial charge in [0.2, 0.25) is 0 Å². The Labute approximate surface area is 332 Å². The minimum atomic E-state index is -0.0909. The molecule has 0 saturated heterocycles. The van der Waals surface area contributed by atoms with Crippen LogP contribution in [0.15, 0.2) is 0 Å². The molecule has 0 unspecified atom stereocenters. The summed E-state index contributed by atoms with van der Waals surface area (Å²) >= 11 is 21.5. The molecular weight excluding hydrogens is 718 g/mol. The van der Waals surface area contributed by atoms with Crippen molar-refractivity contribution in [1.82, 2.24) is 0 Å². The predicted octanol–water partition coefficient (Wildman–Crippen LogP) is 12.2. The van der Waals surface area contributed by atoms with Gasteiger partial charge in [-0.05, 0) is 137 Å². The van der Waals surface area contributed by atoms with E-state index in [0.29, 0.717) is 43.9 Å². The molecule has 0 aliphatic carbocycles. The summed E-state index contributed by atoms with van der Waals surface area (Å²) in [5.74, 6) is 6.88. The Kier molecular flexibility index (Phi) is 44.7. The first-order valence-electron chi connectivity index (χ1n) is 17.3. The van der Waals surface area contributed by atoms with E-state index in [0.717, 1.165) is 26.1 Å². The first-order valence-corrected chi connectivity index (χ1v) is 19.4. The van der Waals surface area contributed by atoms with Crippen LogP contribution in [0.4, 0.5) is 0 Å². The van der Waals surface area contributed by atoms with Crippen LogP contribution in [0, 0.1) is 24.7 Å². The summed E-state index contributed by atoms with van der Waals surface area (Å²) in [6.07, 6.45) is 12.6. The smallest absolute Gasteiger partial charge is 0.121 e. The molecular formula is C40H80Cl4O6. The van der Waals surface area contributed by atoms with Crippen molar-refractivity contribution in [3.8, 4) is 24.7 Å². The molecule has 0 spiro atoms. The van der Waals surface area contributed by atoms with Gasteiger partial charge < -0.3 is 28.4 Å². The van der Waals surface area contributed by atoms with Gasteiger partial charge in [-0.15, -0.1) is 53.6 Å². The van der Waals surface area contributed by atoms with E-state index in [-0.39, 0.29) is 39.7 Å². The summed E-state index contributed by atoms with van der Waals surface area (Å²) < 4.78 is 31.5. The fourth-order valence-corrected chi connectivity index (χ4v) is 2.67. The zero-order valence-electron chi connectivity index (χ0n) is 35.6. The molecule has 0 fully saturated rings. The predicted molar refractivity (Wildman–Crippen MR) is 224 cm³/mol. The molecule has 0 heterocycles. The summed E-state index contributed by atoms with van der Waals surface area (Å²) in [7, 11) is 0. The van der Waals surface area contributed by atoms with Crippen LogP contribution < -0.4 is 0 Å². The highest BCUT2D eigenvalue weighted by Gasteiger charge is 2.10. The van der Waals surface area contributed by atoms with E-state index in [4.69, 9.17) is 87.7 Å². The van der Waals surface area contributed by atoms with Gasteiger partial charge in [0.25, 0.3) is 0 Å². The highest BCUT2D eigenvalue weighted by atomic mass is 35.5. The monoisotopic (exact) mass is 796 g/mol. The van der Waals surface area contributed by atoms with Gasteiger partial charge in [0, 0.05) is 37.3 Å². The lowest BCUT2D eigenvalue weighted by Gasteiger charge is -2.18. The van der Waals surface area contributed by atoms with E-state index in [1.807, 2.05) is 125 Å². The summed E-state index contributed by atoms with van der Waals surface area (Å²) in [6.45, 7) is 39.4. The molecule has 0 rings (SSSR count). The minimum Gasteiger partial charge on any atom is -0.376 e. The Hall–Kier alpha value is 0.0400. The number of terminal acetylenes is 2. The van der Waals surface area contributed by atoms with Gasteiger partial charge in [-0.1, -0.05) is 17.5 Å². The largest absolute Gasteiger partial charge is 0.376 e. The van der Waals surface area contributed by atoms with Crippen molar-refractivity contribution in [2.45, 2.75) is 177 Å². The van der Waals surface area contributed by atoms with Crippen LogP contribution in [0.5, 0.6) is 0 Å². The van der Waals surface area contributed by atoms with Crippen LogP contribution in [0.3, 0.4) is 0 Å². The number of hydrogen-bond donors (Lipinski definition) is 0. The van der Waals surface area contributed by atoms with E-state index < -0.39 is 0 Å². The second-order valence-electron chi connectivity index (χ2n) is 16.5. The van der Waals surface area contributed by atoms with E-state index in [2.05, 4.69) is 11.8 Å². The Morgan fingerprint density at radius 2 is 0.680 bits per heavy atom. The number of alkyl halides is 4. The maximum Gasteiger partial charge on any atom is 0.121 e. The molecule has 304 valence electrons. The molecule has 0 aromatic heterocycles. The molecule has 0 atom stereocenters. The topological polar surface area (TPSA) is 55.4 Å². The van der Waals surface area contributed by atoms with Crippen molar-refractivity contribution in [2.75, 3.05) is 56.7 Å². The molecule has 0 saturated carbocycles. The number of rotatable bonds is 12. The normalized spacial score (nSPS) is 11.6. The fraction of sp³-hybridized carbons (Fsp3) is 0.900. The summed E-state index contributed by atoms with van der Waals surface area (Å²) in [4.78, 5) is 0. The quantitative estimate of drug-likeness (QED) is 0.111. The second kappa shape index (κ2) is 36.0. The lowest BCUT2D eigenvalue weighted by Crippen LogP contribution is -2.20. The van der Waals surface area contributed by atoms with Crippen LogP contribution >= 0.6 is 46.4 Å². The lowest BCUT2D eigenvalue weighted by molar-refractivity contribution is -0.00243. The molecule has 0 aromatic carbocycles. The number of ether oxygens (including phenoxy) is 6. The molecule has 0 aliphatic rings. The first kappa shape index (κ1) is 62.0. The van der Waals surface area contributed by atoms with Crippen LogP contribution in [0.2, 0.25) is 0 Å². The average Bonchev–Trinajstić information content (AvgIpc) is 2.90. The number of hydrogen-bond acceptors (Lipinski definition) is 6. The Morgan fingerprint density at radius 3 is 0.840 bits per heavy atom. The highest BCUT2D eigenvalue weighted by Crippen LogP contribution is 2.09. The van der Waals surface area contributed by atoms with Crippen molar-refractivity contribution < 1.29 is 28.4 Å². The van der Waals surface area contributed by atoms with Crippen molar-refractivity contribution in [2.24, 2.45) is 0 Å². The maximum absolute atomic E-state index is 5.45. The van der Waals surface area contributed by atoms with Crippen LogP contribution in [0.25, 0.3) is 0 Å². The van der Waals surface area contributed by atoms with Gasteiger partial charge in [-0.25, -0.2) is 0 Å². The molecule has 50 heavy (non-hydrogen) atoms. The van der Waals surface area contributed by atoms with Gasteiger partial charge >= 0.3 is 0 Å². The number of halogens is 4. The molecule has 0 radical (unpaired) electrons. The van der Waals surface area contributed by atoms with Crippen LogP contribution in [0.1, 0.15) is 144 Å². The van der Waals surface area contributed by atoms with Crippen molar-refractivity contribution >= 4 is 46.4 Å². The van der Waals surface area contributed by atoms with Crippen molar-refractivity contribution in [1.29, 1.82) is 0 Å². The minimum absolute atomic E-state index is 0.00788. The maximum atomic E-state index is 5.45. The van der Waals surface area contributed by atoms with E-state index in [1.54, 1.807) is 0 Å². The SMILES string of the molecule is C#CCCOC(C)(C)C.C#CCOC(C)(C)C.CC(C)(C)OCCCCl.CC(C)(C)OCCCCl.CC(C)(C)OCCCl.CC(C)(C)OCCl. The summed E-state index contributed by atoms with van der Waals surface area (Å²) in [6, 6.07) is 0.281. The van der Waals surface area contributed by atoms with E-state index in [1.165, 1.54) is 0 Å². The molecule has 0 aromatic rings. The van der Waals surface area contributed by atoms with Crippen LogP contribution in [-0.4, -0.2) is 90.3 Å². The molecule has 0 aliphatic heterocycles. The molecule has 0 amide bonds. The Balaban J connectivity index is -0.000000116. The Bertz CT molecular complexity index is 748. The molecule has 10 heteroatoms. The molecule has 0 bridgehead atoms. The van der Waals surface area contributed by atoms with Gasteiger partial charge in [-0.2, -0.15) is 0 Å². The standard InChI is InChI=1S/C8H14O.2C7H15ClO.C7H12O.C6H13ClO.C5H11ClO/c1-5-6-7-9-8(2,3)4;2*1-7(2,3)9-6-4-5-8;1-5-6-8-7(2,3)4;1-6(2,3)8-5-4-7;1-5(2,3)7-4-6/h1H,6-7H2,2-4H3;2*4-6H2,1-3H3;1H,6H2,2-4H3;4-5H2,1-3H3;4H2,1-3H3. The van der Waals surface area contributed by atoms with Gasteiger partial charge in [0.15, 0.2) is 0 Å². The second-order valence-corrected chi connectivity index (χ2v) is 17.9. The van der Waals surface area contributed by atoms with Crippen molar-refractivity contribution in [3.05, 3.63) is 0 Å². The fourth-order valence-electron chi connectivity index (χ4n) is 2.05. The third kappa shape index (κ3) is 104. The van der Waals surface area contributed by atoms with Gasteiger partial charge in [-0.3, -0.25) is 0 Å². The van der Waals surface area contributed by atoms with Gasteiger partial charge in [0.1, 0.15) is 12.7 Å². The zero-order chi connectivity index (χ0) is 41.1. The van der Waals surface area contributed by atoms with E-state index >= 15 is 0 Å². The summed E-state index contributed by atoms with van der Waals surface area (Å²) in [5, 5.41) is 0. The first-order chi connectivity index (χ1) is 22.4. The average molecular weight is 799 g/mol. The van der Waals surface area contributed by atoms with Gasteiger partial charge in [0.05, 0.1) is 46.8 Å². The summed E-state index contributed by atoms with van der Waals surface area (Å²) in [5.41, 5.74) is -0.266. The molecule has 0 N–H and O–H groups in total. The van der Waals surface area contributed by atoms with Crippen molar-refractivity contribution in [3.63, 3.8) is 0 Å². The zero-order valence-corrected chi connectivity index (χ0v) is 38.6. The molecule has 6 nitrogen and oxygen atoms in total. The van der Waals surface area contributed by atoms with Crippen LogP contribution in [-0.2, 0) is 28.4 Å². The van der Waals surface area contributed by atoms with E-state index in [9.17, 15) is 0 Å². The Morgan fingerprint density at radius 1 is 0.380 bits per heavy atom. The third-order valence-corrected chi connectivity index (χ3v) is 4.89. The lowest BCUT2D eigenvalue weighted by atomic mass is 10.2.